The van der Waals surface area contributed by atoms with Crippen molar-refractivity contribution in [3.05, 3.63) is 35.9 Å². The van der Waals surface area contributed by atoms with Gasteiger partial charge in [-0.2, -0.15) is 0 Å². The lowest BCUT2D eigenvalue weighted by Crippen LogP contribution is -2.87. The van der Waals surface area contributed by atoms with E-state index in [1.54, 1.807) is 0 Å². The number of hydrogen-bond acceptors (Lipinski definition) is 2. The van der Waals surface area contributed by atoms with Gasteiger partial charge in [0, 0.05) is 12.2 Å². The Bertz CT molecular complexity index is 538. The number of rotatable bonds is 9. The minimum Gasteiger partial charge on any atom is -0.385 e. The highest BCUT2D eigenvalue weighted by Gasteiger charge is 2.50. The van der Waals surface area contributed by atoms with Gasteiger partial charge in [0.15, 0.2) is 0 Å². The molecule has 0 spiro atoms. The van der Waals surface area contributed by atoms with Crippen LogP contribution in [0, 0.1) is 23.2 Å². The summed E-state index contributed by atoms with van der Waals surface area (Å²) in [6.45, 7) is 4.20. The highest BCUT2D eigenvalue weighted by molar-refractivity contribution is 5.16. The molecule has 3 heteroatoms. The smallest absolute Gasteiger partial charge is 0.126 e. The Balaban J connectivity index is 1.14. The van der Waals surface area contributed by atoms with Crippen molar-refractivity contribution < 1.29 is 15.2 Å². The van der Waals surface area contributed by atoms with E-state index in [2.05, 4.69) is 36.5 Å². The molecule has 4 saturated carbocycles. The van der Waals surface area contributed by atoms with Crippen LogP contribution in [0.3, 0.4) is 0 Å². The van der Waals surface area contributed by atoms with Gasteiger partial charge in [-0.3, -0.25) is 0 Å². The number of ether oxygens (including phenoxy) is 1. The van der Waals surface area contributed by atoms with Crippen molar-refractivity contribution in [1.29, 1.82) is 0 Å². The van der Waals surface area contributed by atoms with Crippen LogP contribution < -0.4 is 5.32 Å². The Morgan fingerprint density at radius 1 is 1.08 bits per heavy atom. The molecule has 0 amide bonds. The van der Waals surface area contributed by atoms with E-state index in [0.29, 0.717) is 24.6 Å². The summed E-state index contributed by atoms with van der Waals surface area (Å²) >= 11 is 0. The quantitative estimate of drug-likeness (QED) is 0.666. The molecule has 26 heavy (non-hydrogen) atoms. The second kappa shape index (κ2) is 8.00. The van der Waals surface area contributed by atoms with Crippen molar-refractivity contribution in [1.82, 2.24) is 0 Å². The molecule has 3 N–H and O–H groups in total. The molecule has 4 fully saturated rings. The molecule has 2 atom stereocenters. The standard InChI is InChI=1S/C23H35NO2/c1-17(21-5-3-2-4-6-21)24-15-22(25)16-26-8-7-23-12-18-9-19(13-23)11-20(10-18)14-23/h2-6,17-20,22,24-25H,7-16H2,1H3/p+1/t17-,18?,19?,20?,22-,23?/m1/s1. The fourth-order valence-corrected chi connectivity index (χ4v) is 6.43. The molecule has 0 radical (unpaired) electrons. The molecule has 1 aromatic carbocycles. The van der Waals surface area contributed by atoms with E-state index in [1.165, 1.54) is 50.5 Å². The zero-order valence-corrected chi connectivity index (χ0v) is 16.3. The Hall–Kier alpha value is -0.900. The molecule has 144 valence electrons. The molecule has 0 aromatic heterocycles. The number of benzene rings is 1. The first-order chi connectivity index (χ1) is 12.6. The van der Waals surface area contributed by atoms with Crippen LogP contribution in [0.4, 0.5) is 0 Å². The van der Waals surface area contributed by atoms with Crippen LogP contribution in [0.1, 0.15) is 63.5 Å². The summed E-state index contributed by atoms with van der Waals surface area (Å²) in [6, 6.07) is 10.9. The van der Waals surface area contributed by atoms with E-state index in [4.69, 9.17) is 4.74 Å². The zero-order chi connectivity index (χ0) is 18.0. The van der Waals surface area contributed by atoms with Crippen LogP contribution in [0.5, 0.6) is 0 Å². The minimum atomic E-state index is -0.377. The first kappa shape index (κ1) is 18.5. The maximum absolute atomic E-state index is 10.2. The van der Waals surface area contributed by atoms with Crippen molar-refractivity contribution in [3.63, 3.8) is 0 Å². The van der Waals surface area contributed by atoms with Crippen LogP contribution in [-0.2, 0) is 4.74 Å². The third-order valence-corrected chi connectivity index (χ3v) is 7.34. The zero-order valence-electron chi connectivity index (χ0n) is 16.3. The number of hydrogen-bond donors (Lipinski definition) is 2. The van der Waals surface area contributed by atoms with E-state index in [9.17, 15) is 5.11 Å². The lowest BCUT2D eigenvalue weighted by atomic mass is 9.49. The average Bonchev–Trinajstić information content (AvgIpc) is 2.63. The highest BCUT2D eigenvalue weighted by atomic mass is 16.5. The molecule has 4 aliphatic rings. The monoisotopic (exact) mass is 358 g/mol. The number of aliphatic hydroxyl groups excluding tert-OH is 1. The molecule has 0 unspecified atom stereocenters. The molecular formula is C23H36NO2+. The topological polar surface area (TPSA) is 46.1 Å². The van der Waals surface area contributed by atoms with Crippen LogP contribution in [0.2, 0.25) is 0 Å². The van der Waals surface area contributed by atoms with Crippen molar-refractivity contribution >= 4 is 0 Å². The van der Waals surface area contributed by atoms with Crippen molar-refractivity contribution in [2.24, 2.45) is 23.2 Å². The van der Waals surface area contributed by atoms with Gasteiger partial charge in [-0.15, -0.1) is 0 Å². The van der Waals surface area contributed by atoms with Crippen LogP contribution >= 0.6 is 0 Å². The third-order valence-electron chi connectivity index (χ3n) is 7.34. The SMILES string of the molecule is C[C@@H]([NH2+]C[C@@H](O)COCCC12CC3CC(CC(C3)C1)C2)c1ccccc1. The van der Waals surface area contributed by atoms with Crippen LogP contribution in [0.25, 0.3) is 0 Å². The maximum Gasteiger partial charge on any atom is 0.126 e. The average molecular weight is 359 g/mol. The molecule has 4 aliphatic carbocycles. The first-order valence-corrected chi connectivity index (χ1v) is 10.8. The van der Waals surface area contributed by atoms with E-state index in [-0.39, 0.29) is 6.10 Å². The third kappa shape index (κ3) is 4.32. The fourth-order valence-electron chi connectivity index (χ4n) is 6.43. The van der Waals surface area contributed by atoms with Gasteiger partial charge in [0.25, 0.3) is 0 Å². The maximum atomic E-state index is 10.2. The van der Waals surface area contributed by atoms with E-state index >= 15 is 0 Å². The molecule has 0 heterocycles. The summed E-state index contributed by atoms with van der Waals surface area (Å²) in [5, 5.41) is 12.5. The molecule has 1 aromatic rings. The summed E-state index contributed by atoms with van der Waals surface area (Å²) in [5.41, 5.74) is 1.90. The van der Waals surface area contributed by atoms with Gasteiger partial charge in [0.1, 0.15) is 18.7 Å². The van der Waals surface area contributed by atoms with Gasteiger partial charge in [-0.05, 0) is 75.0 Å². The largest absolute Gasteiger partial charge is 0.385 e. The van der Waals surface area contributed by atoms with E-state index in [1.807, 2.05) is 6.07 Å². The van der Waals surface area contributed by atoms with Crippen molar-refractivity contribution in [2.75, 3.05) is 19.8 Å². The molecule has 3 nitrogen and oxygen atoms in total. The summed E-state index contributed by atoms with van der Waals surface area (Å²) in [7, 11) is 0. The van der Waals surface area contributed by atoms with E-state index in [0.717, 1.165) is 24.4 Å². The van der Waals surface area contributed by atoms with Gasteiger partial charge >= 0.3 is 0 Å². The second-order valence-electron chi connectivity index (χ2n) is 9.57. The number of quaternary nitrogens is 1. The highest BCUT2D eigenvalue weighted by Crippen LogP contribution is 2.61. The predicted molar refractivity (Wildman–Crippen MR) is 104 cm³/mol. The van der Waals surface area contributed by atoms with Crippen LogP contribution in [0.15, 0.2) is 30.3 Å². The summed E-state index contributed by atoms with van der Waals surface area (Å²) in [4.78, 5) is 0. The van der Waals surface area contributed by atoms with Crippen molar-refractivity contribution in [3.8, 4) is 0 Å². The molecule has 0 saturated heterocycles. The molecule has 0 aliphatic heterocycles. The fraction of sp³-hybridized carbons (Fsp3) is 0.739. The molecular weight excluding hydrogens is 322 g/mol. The van der Waals surface area contributed by atoms with Crippen LogP contribution in [-0.4, -0.2) is 31.0 Å². The number of aliphatic hydroxyl groups is 1. The molecule has 5 rings (SSSR count). The van der Waals surface area contributed by atoms with Gasteiger partial charge in [0.05, 0.1) is 6.61 Å². The van der Waals surface area contributed by atoms with Crippen molar-refractivity contribution in [2.45, 2.75) is 64.0 Å². The van der Waals surface area contributed by atoms with Gasteiger partial charge in [-0.1, -0.05) is 30.3 Å². The van der Waals surface area contributed by atoms with E-state index < -0.39 is 0 Å². The number of nitrogens with two attached hydrogens (primary N) is 1. The second-order valence-corrected chi connectivity index (χ2v) is 9.57. The minimum absolute atomic E-state index is 0.373. The van der Waals surface area contributed by atoms with Gasteiger partial charge < -0.3 is 15.2 Å². The lowest BCUT2D eigenvalue weighted by Gasteiger charge is -2.57. The van der Waals surface area contributed by atoms with Gasteiger partial charge in [-0.25, -0.2) is 0 Å². The summed E-state index contributed by atoms with van der Waals surface area (Å²) in [6.07, 6.45) is 9.72. The Kier molecular flexibility index (Phi) is 5.68. The Morgan fingerprint density at radius 2 is 1.69 bits per heavy atom. The first-order valence-electron chi connectivity index (χ1n) is 10.8. The Morgan fingerprint density at radius 3 is 2.31 bits per heavy atom. The summed E-state index contributed by atoms with van der Waals surface area (Å²) < 4.78 is 5.90. The van der Waals surface area contributed by atoms with Gasteiger partial charge in [0.2, 0.25) is 0 Å². The normalized spacial score (nSPS) is 34.8. The molecule has 4 bridgehead atoms. The Labute approximate surface area is 158 Å². The lowest BCUT2D eigenvalue weighted by molar-refractivity contribution is -0.698. The predicted octanol–water partition coefficient (Wildman–Crippen LogP) is 3.30. The summed E-state index contributed by atoms with van der Waals surface area (Å²) in [5.74, 6) is 3.04.